The van der Waals surface area contributed by atoms with Crippen molar-refractivity contribution in [3.63, 3.8) is 0 Å². The zero-order valence-electron chi connectivity index (χ0n) is 26.8. The normalized spacial score (nSPS) is 13.1. The van der Waals surface area contributed by atoms with Crippen molar-refractivity contribution >= 4 is 45.4 Å². The largest absolute Gasteiger partial charge is 0.355 e. The Morgan fingerprint density at radius 1 is 0.610 bits per heavy atom. The van der Waals surface area contributed by atoms with Gasteiger partial charge >= 0.3 is 0 Å². The van der Waals surface area contributed by atoms with Crippen LogP contribution in [0.25, 0.3) is 45.4 Å². The highest BCUT2D eigenvalue weighted by Gasteiger charge is 2.26. The Kier molecular flexibility index (Phi) is 8.40. The first-order valence-corrected chi connectivity index (χ1v) is 16.1. The van der Waals surface area contributed by atoms with Crippen molar-refractivity contribution in [3.8, 4) is 0 Å². The average Bonchev–Trinajstić information content (AvgIpc) is 3.72. The molecule has 0 unspecified atom stereocenters. The smallest absolute Gasteiger partial charge is 0.0725 e. The van der Waals surface area contributed by atoms with Gasteiger partial charge in [-0.05, 0) is 116 Å². The molecule has 4 heteroatoms. The molecule has 2 aliphatic rings. The van der Waals surface area contributed by atoms with Crippen LogP contribution in [0, 0.1) is 6.92 Å². The van der Waals surface area contributed by atoms with Crippen LogP contribution in [-0.4, -0.2) is 19.5 Å². The highest BCUT2D eigenvalue weighted by Crippen LogP contribution is 2.41. The van der Waals surface area contributed by atoms with Crippen LogP contribution in [0.4, 0.5) is 0 Å². The molecule has 5 rings (SSSR count). The van der Waals surface area contributed by atoms with Crippen LogP contribution in [0.5, 0.6) is 0 Å². The highest BCUT2D eigenvalue weighted by atomic mass is 15.0. The maximum atomic E-state index is 5.64. The SMILES string of the molecule is CCC1=C(CC)c2nc1c(CC)c1[nH]c(cc3nc(cc4c(CC)c(CC)c(c2CC)n4CC)C=C3)c(C)c1CC. The molecule has 0 radical (unpaired) electrons. The fourth-order valence-corrected chi connectivity index (χ4v) is 7.40. The summed E-state index contributed by atoms with van der Waals surface area (Å²) in [6.45, 7) is 21.5. The van der Waals surface area contributed by atoms with Gasteiger partial charge in [0, 0.05) is 34.2 Å². The number of hydrogen-bond donors (Lipinski definition) is 1. The lowest BCUT2D eigenvalue weighted by Gasteiger charge is -2.11. The van der Waals surface area contributed by atoms with Crippen molar-refractivity contribution in [2.24, 2.45) is 0 Å². The summed E-state index contributed by atoms with van der Waals surface area (Å²) >= 11 is 0. The number of nitrogens with one attached hydrogen (secondary N) is 1. The Balaban J connectivity index is 2.15. The minimum Gasteiger partial charge on any atom is -0.355 e. The van der Waals surface area contributed by atoms with E-state index in [9.17, 15) is 0 Å². The number of fused-ring (bicyclic) bond motifs is 8. The van der Waals surface area contributed by atoms with E-state index in [0.717, 1.165) is 68.4 Å². The molecule has 0 aliphatic carbocycles. The summed E-state index contributed by atoms with van der Waals surface area (Å²) < 4.78 is 2.56. The van der Waals surface area contributed by atoms with Crippen LogP contribution in [0.3, 0.4) is 0 Å². The molecule has 3 aromatic heterocycles. The van der Waals surface area contributed by atoms with Crippen LogP contribution in [0.15, 0.2) is 12.1 Å². The van der Waals surface area contributed by atoms with Gasteiger partial charge in [0.2, 0.25) is 0 Å². The maximum Gasteiger partial charge on any atom is 0.0725 e. The first-order valence-electron chi connectivity index (χ1n) is 16.1. The van der Waals surface area contributed by atoms with Crippen LogP contribution >= 0.6 is 0 Å². The fourth-order valence-electron chi connectivity index (χ4n) is 7.40. The van der Waals surface area contributed by atoms with E-state index in [1.807, 2.05) is 0 Å². The third kappa shape index (κ3) is 4.60. The fraction of sp³-hybridized carbons (Fsp3) is 0.459. The van der Waals surface area contributed by atoms with Crippen molar-refractivity contribution in [1.82, 2.24) is 19.5 Å². The van der Waals surface area contributed by atoms with Gasteiger partial charge < -0.3 is 9.55 Å². The summed E-state index contributed by atoms with van der Waals surface area (Å²) in [7, 11) is 0. The lowest BCUT2D eigenvalue weighted by molar-refractivity contribution is 0.815. The van der Waals surface area contributed by atoms with Gasteiger partial charge in [0.05, 0.1) is 28.3 Å². The number of allylic oxidation sites excluding steroid dienone is 2. The lowest BCUT2D eigenvalue weighted by atomic mass is 9.93. The standard InChI is InChI=1S/C37H48N4/c1-10-25-22(9)32-20-23-18-19-24(38-23)21-33-26(11-2)29(14-5)37(41(33)17-8)31(16-7)36-28(13-4)27(12-3)35(40-36)30(15-6)34(25)39-32/h18-21,39H,10-17H2,1-9H3. The van der Waals surface area contributed by atoms with Crippen molar-refractivity contribution in [2.45, 2.75) is 114 Å². The second-order valence-electron chi connectivity index (χ2n) is 11.2. The predicted octanol–water partition coefficient (Wildman–Crippen LogP) is 9.83. The van der Waals surface area contributed by atoms with E-state index >= 15 is 0 Å². The zero-order valence-corrected chi connectivity index (χ0v) is 26.8. The summed E-state index contributed by atoms with van der Waals surface area (Å²) in [6, 6.07) is 4.54. The molecule has 0 saturated heterocycles. The summed E-state index contributed by atoms with van der Waals surface area (Å²) in [5.74, 6) is 0. The Bertz CT molecular complexity index is 1720. The number of aromatic amines is 1. The molecule has 0 spiro atoms. The Labute approximate surface area is 246 Å². The topological polar surface area (TPSA) is 46.5 Å². The monoisotopic (exact) mass is 548 g/mol. The number of aryl methyl sites for hydroxylation is 7. The molecule has 4 nitrogen and oxygen atoms in total. The number of rotatable bonds is 8. The van der Waals surface area contributed by atoms with E-state index in [2.05, 4.69) is 96.1 Å². The first-order chi connectivity index (χ1) is 19.9. The molecule has 0 fully saturated rings. The highest BCUT2D eigenvalue weighted by molar-refractivity contribution is 5.97. The number of aromatic nitrogens is 4. The van der Waals surface area contributed by atoms with Crippen LogP contribution in [0.2, 0.25) is 0 Å². The van der Waals surface area contributed by atoms with E-state index in [4.69, 9.17) is 9.97 Å². The number of hydrogen-bond acceptors (Lipinski definition) is 2. The number of H-pyrrole nitrogens is 1. The third-order valence-corrected chi connectivity index (χ3v) is 9.31. The van der Waals surface area contributed by atoms with Crippen molar-refractivity contribution in [2.75, 3.05) is 0 Å². The molecular formula is C37H48N4. The second-order valence-corrected chi connectivity index (χ2v) is 11.2. The second kappa shape index (κ2) is 11.8. The Hall–Kier alpha value is -3.40. The molecule has 216 valence electrons. The molecule has 0 atom stereocenters. The van der Waals surface area contributed by atoms with E-state index in [-0.39, 0.29) is 0 Å². The molecule has 5 heterocycles. The van der Waals surface area contributed by atoms with Gasteiger partial charge in [-0.1, -0.05) is 48.5 Å². The zero-order chi connectivity index (χ0) is 29.4. The first kappa shape index (κ1) is 29.1. The minimum atomic E-state index is 0.919. The summed E-state index contributed by atoms with van der Waals surface area (Å²) in [6.07, 6.45) is 11.2. The molecule has 8 bridgehead atoms. The molecular weight excluding hydrogens is 500 g/mol. The molecule has 3 aromatic rings. The van der Waals surface area contributed by atoms with Gasteiger partial charge in [-0.2, -0.15) is 0 Å². The van der Waals surface area contributed by atoms with Gasteiger partial charge in [0.1, 0.15) is 0 Å². The Morgan fingerprint density at radius 3 is 1.71 bits per heavy atom. The van der Waals surface area contributed by atoms with Crippen molar-refractivity contribution in [1.29, 1.82) is 0 Å². The Morgan fingerprint density at radius 2 is 1.17 bits per heavy atom. The van der Waals surface area contributed by atoms with Crippen LogP contribution < -0.4 is 0 Å². The quantitative estimate of drug-likeness (QED) is 0.238. The molecule has 0 saturated carbocycles. The molecule has 1 N–H and O–H groups in total. The summed E-state index contributed by atoms with van der Waals surface area (Å²) in [5.41, 5.74) is 20.8. The van der Waals surface area contributed by atoms with E-state index < -0.39 is 0 Å². The van der Waals surface area contributed by atoms with E-state index in [0.29, 0.717) is 0 Å². The van der Waals surface area contributed by atoms with E-state index in [1.54, 1.807) is 0 Å². The minimum absolute atomic E-state index is 0.919. The van der Waals surface area contributed by atoms with Crippen molar-refractivity contribution in [3.05, 3.63) is 68.3 Å². The predicted molar refractivity (Wildman–Crippen MR) is 178 cm³/mol. The molecule has 0 amide bonds. The van der Waals surface area contributed by atoms with Gasteiger partial charge in [-0.3, -0.25) is 0 Å². The van der Waals surface area contributed by atoms with Crippen LogP contribution in [-0.2, 0) is 38.6 Å². The molecule has 41 heavy (non-hydrogen) atoms. The van der Waals surface area contributed by atoms with Gasteiger partial charge in [-0.15, -0.1) is 0 Å². The summed E-state index contributed by atoms with van der Waals surface area (Å²) in [5, 5.41) is 0. The summed E-state index contributed by atoms with van der Waals surface area (Å²) in [4.78, 5) is 14.6. The van der Waals surface area contributed by atoms with Gasteiger partial charge in [-0.25, -0.2) is 9.97 Å². The molecule has 2 aliphatic heterocycles. The van der Waals surface area contributed by atoms with E-state index in [1.165, 1.54) is 72.5 Å². The average molecular weight is 549 g/mol. The van der Waals surface area contributed by atoms with Crippen LogP contribution in [0.1, 0.15) is 124 Å². The third-order valence-electron chi connectivity index (χ3n) is 9.31. The maximum absolute atomic E-state index is 5.64. The van der Waals surface area contributed by atoms with Crippen molar-refractivity contribution < 1.29 is 0 Å². The lowest BCUT2D eigenvalue weighted by Crippen LogP contribution is -2.00. The van der Waals surface area contributed by atoms with Gasteiger partial charge in [0.25, 0.3) is 0 Å². The van der Waals surface area contributed by atoms with Gasteiger partial charge in [0.15, 0.2) is 0 Å². The number of nitrogens with zero attached hydrogens (tertiary/aromatic N) is 3. The molecule has 0 aromatic carbocycles.